The van der Waals surface area contributed by atoms with Gasteiger partial charge in [0, 0.05) is 18.4 Å². The molecule has 7 heteroatoms. The molecule has 0 fully saturated rings. The second-order valence-corrected chi connectivity index (χ2v) is 4.31. The number of hydrogen-bond acceptors (Lipinski definition) is 6. The van der Waals surface area contributed by atoms with E-state index in [1.807, 2.05) is 6.92 Å². The molecule has 1 atom stereocenters. The number of rotatable bonds is 4. The lowest BCUT2D eigenvalue weighted by atomic mass is 10.3. The summed E-state index contributed by atoms with van der Waals surface area (Å²) in [6.45, 7) is 5.56. The molecule has 0 aliphatic rings. The van der Waals surface area contributed by atoms with E-state index in [9.17, 15) is 4.79 Å². The van der Waals surface area contributed by atoms with Crippen molar-refractivity contribution in [3.05, 3.63) is 39.7 Å². The molecule has 0 aliphatic heterocycles. The van der Waals surface area contributed by atoms with Gasteiger partial charge < -0.3 is 9.26 Å². The minimum absolute atomic E-state index is 0.105. The molecule has 102 valence electrons. The number of ether oxygens (including phenoxy) is 1. The molecule has 0 amide bonds. The lowest BCUT2D eigenvalue weighted by molar-refractivity contribution is 0.109. The van der Waals surface area contributed by atoms with Gasteiger partial charge in [-0.3, -0.25) is 9.36 Å². The second kappa shape index (κ2) is 5.31. The zero-order valence-corrected chi connectivity index (χ0v) is 11.4. The molecule has 0 spiro atoms. The number of aromatic nitrogens is 4. The summed E-state index contributed by atoms with van der Waals surface area (Å²) in [6, 6.07) is 0. The fourth-order valence-electron chi connectivity index (χ4n) is 1.54. The predicted molar refractivity (Wildman–Crippen MR) is 66.8 cm³/mol. The van der Waals surface area contributed by atoms with E-state index in [-0.39, 0.29) is 18.2 Å². The summed E-state index contributed by atoms with van der Waals surface area (Å²) < 4.78 is 11.6. The van der Waals surface area contributed by atoms with Crippen molar-refractivity contribution >= 4 is 0 Å². The van der Waals surface area contributed by atoms with Crippen molar-refractivity contribution in [1.29, 1.82) is 0 Å². The summed E-state index contributed by atoms with van der Waals surface area (Å²) in [5.74, 6) is 0.813. The molecule has 0 N–H and O–H groups in total. The molecule has 7 nitrogen and oxygen atoms in total. The SMILES string of the molecule is COC(C)c1noc(Cn2cnc(C)c(C)c2=O)n1. The Kier molecular flexibility index (Phi) is 3.75. The van der Waals surface area contributed by atoms with Gasteiger partial charge in [0.2, 0.25) is 5.89 Å². The van der Waals surface area contributed by atoms with E-state index in [0.29, 0.717) is 17.3 Å². The lowest BCUT2D eigenvalue weighted by Crippen LogP contribution is -2.24. The van der Waals surface area contributed by atoms with Crippen LogP contribution in [0.2, 0.25) is 0 Å². The summed E-state index contributed by atoms with van der Waals surface area (Å²) in [7, 11) is 1.57. The largest absolute Gasteiger partial charge is 0.374 e. The monoisotopic (exact) mass is 264 g/mol. The van der Waals surface area contributed by atoms with Gasteiger partial charge in [0.05, 0.1) is 6.33 Å². The molecule has 2 aromatic rings. The van der Waals surface area contributed by atoms with Crippen LogP contribution >= 0.6 is 0 Å². The fraction of sp³-hybridized carbons (Fsp3) is 0.500. The first-order valence-electron chi connectivity index (χ1n) is 5.91. The Labute approximate surface area is 110 Å². The molecule has 0 aromatic carbocycles. The highest BCUT2D eigenvalue weighted by molar-refractivity contribution is 5.12. The van der Waals surface area contributed by atoms with Crippen molar-refractivity contribution < 1.29 is 9.26 Å². The van der Waals surface area contributed by atoms with E-state index in [2.05, 4.69) is 15.1 Å². The van der Waals surface area contributed by atoms with Gasteiger partial charge in [-0.1, -0.05) is 5.16 Å². The van der Waals surface area contributed by atoms with Crippen LogP contribution < -0.4 is 5.56 Å². The minimum atomic E-state index is -0.243. The van der Waals surface area contributed by atoms with Crippen LogP contribution in [-0.4, -0.2) is 26.8 Å². The van der Waals surface area contributed by atoms with Crippen LogP contribution in [0.15, 0.2) is 15.6 Å². The van der Waals surface area contributed by atoms with Crippen LogP contribution in [0.3, 0.4) is 0 Å². The van der Waals surface area contributed by atoms with Crippen molar-refractivity contribution in [2.45, 2.75) is 33.4 Å². The molecule has 0 aliphatic carbocycles. The molecular weight excluding hydrogens is 248 g/mol. The van der Waals surface area contributed by atoms with Crippen molar-refractivity contribution in [3.63, 3.8) is 0 Å². The van der Waals surface area contributed by atoms with Gasteiger partial charge in [-0.15, -0.1) is 0 Å². The highest BCUT2D eigenvalue weighted by Crippen LogP contribution is 2.11. The maximum Gasteiger partial charge on any atom is 0.256 e. The average molecular weight is 264 g/mol. The quantitative estimate of drug-likeness (QED) is 0.819. The Morgan fingerprint density at radius 3 is 2.89 bits per heavy atom. The molecular formula is C12H16N4O3. The van der Waals surface area contributed by atoms with E-state index in [0.717, 1.165) is 5.69 Å². The number of hydrogen-bond donors (Lipinski definition) is 0. The summed E-state index contributed by atoms with van der Waals surface area (Å²) in [6.07, 6.45) is 1.24. The Bertz CT molecular complexity index is 632. The molecule has 0 saturated heterocycles. The Hall–Kier alpha value is -2.02. The first-order chi connectivity index (χ1) is 9.02. The van der Waals surface area contributed by atoms with Gasteiger partial charge in [-0.2, -0.15) is 4.98 Å². The summed E-state index contributed by atoms with van der Waals surface area (Å²) in [5, 5.41) is 3.81. The topological polar surface area (TPSA) is 83.0 Å². The Morgan fingerprint density at radius 2 is 2.21 bits per heavy atom. The summed E-state index contributed by atoms with van der Waals surface area (Å²) in [5.41, 5.74) is 1.24. The van der Waals surface area contributed by atoms with E-state index < -0.39 is 0 Å². The van der Waals surface area contributed by atoms with E-state index >= 15 is 0 Å². The normalized spacial score (nSPS) is 12.6. The van der Waals surface area contributed by atoms with Crippen LogP contribution in [0.1, 0.15) is 36.0 Å². The van der Waals surface area contributed by atoms with Crippen LogP contribution in [-0.2, 0) is 11.3 Å². The van der Waals surface area contributed by atoms with Crippen LogP contribution in [0.4, 0.5) is 0 Å². The number of methoxy groups -OCH3 is 1. The maximum absolute atomic E-state index is 12.0. The number of nitrogens with zero attached hydrogens (tertiary/aromatic N) is 4. The summed E-state index contributed by atoms with van der Waals surface area (Å²) in [4.78, 5) is 20.3. The molecule has 0 radical (unpaired) electrons. The van der Waals surface area contributed by atoms with Crippen LogP contribution in [0.25, 0.3) is 0 Å². The predicted octanol–water partition coefficient (Wildman–Crippen LogP) is 0.999. The highest BCUT2D eigenvalue weighted by Gasteiger charge is 2.14. The van der Waals surface area contributed by atoms with Gasteiger partial charge in [0.25, 0.3) is 5.56 Å². The maximum atomic E-state index is 12.0. The molecule has 2 heterocycles. The van der Waals surface area contributed by atoms with Crippen LogP contribution in [0, 0.1) is 13.8 Å². The van der Waals surface area contributed by atoms with E-state index in [1.54, 1.807) is 21.0 Å². The smallest absolute Gasteiger partial charge is 0.256 e. The molecule has 2 rings (SSSR count). The van der Waals surface area contributed by atoms with Gasteiger partial charge in [0.1, 0.15) is 12.6 Å². The molecule has 1 unspecified atom stereocenters. The minimum Gasteiger partial charge on any atom is -0.374 e. The van der Waals surface area contributed by atoms with Gasteiger partial charge in [-0.25, -0.2) is 4.98 Å². The third kappa shape index (κ3) is 2.70. The fourth-order valence-corrected chi connectivity index (χ4v) is 1.54. The molecule has 0 saturated carbocycles. The van der Waals surface area contributed by atoms with Crippen molar-refractivity contribution in [2.75, 3.05) is 7.11 Å². The lowest BCUT2D eigenvalue weighted by Gasteiger charge is -2.04. The van der Waals surface area contributed by atoms with Gasteiger partial charge in [0.15, 0.2) is 5.82 Å². The zero-order valence-electron chi connectivity index (χ0n) is 11.4. The highest BCUT2D eigenvalue weighted by atomic mass is 16.5. The number of aryl methyl sites for hydroxylation is 1. The third-order valence-electron chi connectivity index (χ3n) is 3.02. The molecule has 0 bridgehead atoms. The van der Waals surface area contributed by atoms with Crippen molar-refractivity contribution in [2.24, 2.45) is 0 Å². The average Bonchev–Trinajstić information content (AvgIpc) is 2.87. The molecule has 19 heavy (non-hydrogen) atoms. The summed E-state index contributed by atoms with van der Waals surface area (Å²) >= 11 is 0. The first-order valence-corrected chi connectivity index (χ1v) is 5.91. The standard InChI is InChI=1S/C12H16N4O3/c1-7-8(2)13-6-16(12(7)17)5-10-14-11(15-19-10)9(3)18-4/h6,9H,5H2,1-4H3. The second-order valence-electron chi connectivity index (χ2n) is 4.31. The van der Waals surface area contributed by atoms with Crippen molar-refractivity contribution in [3.8, 4) is 0 Å². The Balaban J connectivity index is 2.25. The van der Waals surface area contributed by atoms with Gasteiger partial charge >= 0.3 is 0 Å². The van der Waals surface area contributed by atoms with Crippen molar-refractivity contribution in [1.82, 2.24) is 19.7 Å². The Morgan fingerprint density at radius 1 is 1.47 bits per heavy atom. The first kappa shape index (κ1) is 13.4. The van der Waals surface area contributed by atoms with E-state index in [1.165, 1.54) is 10.9 Å². The third-order valence-corrected chi connectivity index (χ3v) is 3.02. The zero-order chi connectivity index (χ0) is 14.0. The van der Waals surface area contributed by atoms with E-state index in [4.69, 9.17) is 9.26 Å². The van der Waals surface area contributed by atoms with Crippen LogP contribution in [0.5, 0.6) is 0 Å². The molecule has 2 aromatic heterocycles. The van der Waals surface area contributed by atoms with Gasteiger partial charge in [-0.05, 0) is 20.8 Å².